The van der Waals surface area contributed by atoms with Crippen LogP contribution in [0.5, 0.6) is 0 Å². The van der Waals surface area contributed by atoms with E-state index in [0.29, 0.717) is 5.02 Å². The van der Waals surface area contributed by atoms with E-state index in [9.17, 15) is 0 Å². The smallest absolute Gasteiger partial charge is 0.0819 e. The lowest BCUT2D eigenvalue weighted by Crippen LogP contribution is -2.20. The molecule has 1 unspecified atom stereocenters. The van der Waals surface area contributed by atoms with Gasteiger partial charge in [-0.05, 0) is 44.5 Å². The molecule has 1 aromatic heterocycles. The maximum Gasteiger partial charge on any atom is 0.0819 e. The number of aromatic nitrogens is 2. The van der Waals surface area contributed by atoms with E-state index >= 15 is 0 Å². The number of nitrogens with one attached hydrogen (secondary N) is 1. The Bertz CT molecular complexity index is 575. The van der Waals surface area contributed by atoms with Gasteiger partial charge in [0.1, 0.15) is 0 Å². The Hall–Kier alpha value is -0.840. The number of nitrogens with zero attached hydrogens (tertiary/aromatic N) is 2. The molecule has 0 fully saturated rings. The molecule has 20 heavy (non-hydrogen) atoms. The van der Waals surface area contributed by atoms with E-state index < -0.39 is 0 Å². The molecule has 0 amide bonds. The van der Waals surface area contributed by atoms with Crippen molar-refractivity contribution in [2.45, 2.75) is 33.2 Å². The Labute approximate surface area is 133 Å². The number of benzene rings is 1. The summed E-state index contributed by atoms with van der Waals surface area (Å²) in [5, 5.41) is 8.68. The molecule has 0 bridgehead atoms. The van der Waals surface area contributed by atoms with Gasteiger partial charge in [-0.25, -0.2) is 4.68 Å². The van der Waals surface area contributed by atoms with E-state index in [1.165, 1.54) is 5.56 Å². The molecule has 5 heteroatoms. The largest absolute Gasteiger partial charge is 0.310 e. The molecular weight excluding hydrogens is 338 g/mol. The van der Waals surface area contributed by atoms with E-state index in [1.807, 2.05) is 17.8 Å². The van der Waals surface area contributed by atoms with E-state index in [4.69, 9.17) is 11.6 Å². The summed E-state index contributed by atoms with van der Waals surface area (Å²) in [6, 6.07) is 6.52. The van der Waals surface area contributed by atoms with Crippen LogP contribution in [0.4, 0.5) is 0 Å². The molecule has 0 aliphatic carbocycles. The van der Waals surface area contributed by atoms with Crippen molar-refractivity contribution in [2.75, 3.05) is 6.54 Å². The molecule has 1 N–H and O–H groups in total. The molecule has 1 atom stereocenters. The maximum absolute atomic E-state index is 6.12. The van der Waals surface area contributed by atoms with E-state index in [1.54, 1.807) is 0 Å². The molecule has 2 aromatic rings. The molecule has 108 valence electrons. The van der Waals surface area contributed by atoms with Crippen LogP contribution in [-0.4, -0.2) is 16.3 Å². The average molecular weight is 357 g/mol. The lowest BCUT2D eigenvalue weighted by molar-refractivity contribution is 0.567. The second kappa shape index (κ2) is 6.74. The first-order valence-corrected chi connectivity index (χ1v) is 7.95. The predicted octanol–water partition coefficient (Wildman–Crippen LogP) is 4.66. The summed E-state index contributed by atoms with van der Waals surface area (Å²) in [7, 11) is 0. The van der Waals surface area contributed by atoms with Crippen molar-refractivity contribution in [2.24, 2.45) is 0 Å². The van der Waals surface area contributed by atoms with Gasteiger partial charge in [0.05, 0.1) is 16.4 Å². The zero-order valence-electron chi connectivity index (χ0n) is 12.0. The molecule has 0 spiro atoms. The van der Waals surface area contributed by atoms with E-state index in [2.05, 4.69) is 58.4 Å². The van der Waals surface area contributed by atoms with Crippen LogP contribution in [0.2, 0.25) is 5.02 Å². The number of halogens is 2. The van der Waals surface area contributed by atoms with Crippen LogP contribution in [0.3, 0.4) is 0 Å². The monoisotopic (exact) mass is 355 g/mol. The van der Waals surface area contributed by atoms with Crippen LogP contribution >= 0.6 is 27.5 Å². The fourth-order valence-corrected chi connectivity index (χ4v) is 2.59. The summed E-state index contributed by atoms with van der Waals surface area (Å²) >= 11 is 9.65. The summed E-state index contributed by atoms with van der Waals surface area (Å²) in [6.45, 7) is 7.24. The highest BCUT2D eigenvalue weighted by molar-refractivity contribution is 9.10. The third-order valence-corrected chi connectivity index (χ3v) is 4.11. The first kappa shape index (κ1) is 15.5. The topological polar surface area (TPSA) is 29.9 Å². The molecule has 0 aliphatic rings. The van der Waals surface area contributed by atoms with Gasteiger partial charge in [-0.1, -0.05) is 40.5 Å². The van der Waals surface area contributed by atoms with Gasteiger partial charge < -0.3 is 5.32 Å². The number of hydrogen-bond donors (Lipinski definition) is 1. The van der Waals surface area contributed by atoms with Crippen molar-refractivity contribution < 1.29 is 0 Å². The van der Waals surface area contributed by atoms with Crippen LogP contribution in [0.15, 0.2) is 28.9 Å². The second-order valence-electron chi connectivity index (χ2n) is 4.89. The summed E-state index contributed by atoms with van der Waals surface area (Å²) in [5.41, 5.74) is 3.10. The Kier molecular flexibility index (Phi) is 5.24. The lowest BCUT2D eigenvalue weighted by Gasteiger charge is -2.18. The second-order valence-corrected chi connectivity index (χ2v) is 6.21. The number of hydrogen-bond acceptors (Lipinski definition) is 2. The van der Waals surface area contributed by atoms with Crippen molar-refractivity contribution in [3.05, 3.63) is 45.1 Å². The third kappa shape index (κ3) is 3.43. The van der Waals surface area contributed by atoms with Crippen molar-refractivity contribution >= 4 is 27.5 Å². The highest BCUT2D eigenvalue weighted by Crippen LogP contribution is 2.27. The van der Waals surface area contributed by atoms with E-state index in [-0.39, 0.29) is 6.04 Å². The van der Waals surface area contributed by atoms with Gasteiger partial charge in [-0.2, -0.15) is 5.10 Å². The summed E-state index contributed by atoms with van der Waals surface area (Å²) in [4.78, 5) is 0. The predicted molar refractivity (Wildman–Crippen MR) is 87.7 cm³/mol. The van der Waals surface area contributed by atoms with Gasteiger partial charge in [0.2, 0.25) is 0 Å². The summed E-state index contributed by atoms with van der Waals surface area (Å²) < 4.78 is 2.88. The molecule has 0 aliphatic heterocycles. The first-order valence-electron chi connectivity index (χ1n) is 6.78. The highest BCUT2D eigenvalue weighted by atomic mass is 79.9. The zero-order valence-corrected chi connectivity index (χ0v) is 14.3. The van der Waals surface area contributed by atoms with Crippen molar-refractivity contribution in [1.29, 1.82) is 0 Å². The molecule has 0 radical (unpaired) electrons. The Morgan fingerprint density at radius 3 is 2.80 bits per heavy atom. The van der Waals surface area contributed by atoms with Crippen molar-refractivity contribution in [3.8, 4) is 5.69 Å². The van der Waals surface area contributed by atoms with E-state index in [0.717, 1.165) is 28.8 Å². The maximum atomic E-state index is 6.12. The van der Waals surface area contributed by atoms with Crippen LogP contribution < -0.4 is 5.32 Å². The normalized spacial score (nSPS) is 12.7. The minimum atomic E-state index is 0.265. The molecule has 1 heterocycles. The van der Waals surface area contributed by atoms with Gasteiger partial charge in [0.25, 0.3) is 0 Å². The molecular formula is C15H19BrClN3. The Morgan fingerprint density at radius 2 is 2.20 bits per heavy atom. The molecule has 2 rings (SSSR count). The van der Waals surface area contributed by atoms with Crippen LogP contribution in [-0.2, 0) is 0 Å². The van der Waals surface area contributed by atoms with Gasteiger partial charge >= 0.3 is 0 Å². The van der Waals surface area contributed by atoms with Gasteiger partial charge in [0, 0.05) is 16.7 Å². The fraction of sp³-hybridized carbons (Fsp3) is 0.400. The van der Waals surface area contributed by atoms with Crippen LogP contribution in [0, 0.1) is 6.92 Å². The number of rotatable bonds is 5. The SMILES string of the molecule is CCCNC(C)c1ccc(Br)cc1-n1cc(Cl)c(C)n1. The lowest BCUT2D eigenvalue weighted by atomic mass is 10.1. The summed E-state index contributed by atoms with van der Waals surface area (Å²) in [5.74, 6) is 0. The van der Waals surface area contributed by atoms with Crippen molar-refractivity contribution in [3.63, 3.8) is 0 Å². The highest BCUT2D eigenvalue weighted by Gasteiger charge is 2.14. The molecule has 1 aromatic carbocycles. The van der Waals surface area contributed by atoms with Crippen molar-refractivity contribution in [1.82, 2.24) is 15.1 Å². The van der Waals surface area contributed by atoms with Gasteiger partial charge in [-0.15, -0.1) is 0 Å². The third-order valence-electron chi connectivity index (χ3n) is 3.25. The first-order chi connectivity index (χ1) is 9.52. The van der Waals surface area contributed by atoms with Crippen LogP contribution in [0.1, 0.15) is 37.6 Å². The molecule has 0 saturated heterocycles. The molecule has 3 nitrogen and oxygen atoms in total. The minimum absolute atomic E-state index is 0.265. The molecule has 0 saturated carbocycles. The summed E-state index contributed by atoms with van der Waals surface area (Å²) in [6.07, 6.45) is 2.97. The quantitative estimate of drug-likeness (QED) is 0.844. The average Bonchev–Trinajstić information content (AvgIpc) is 2.76. The van der Waals surface area contributed by atoms with Gasteiger partial charge in [0.15, 0.2) is 0 Å². The zero-order chi connectivity index (χ0) is 14.7. The Balaban J connectivity index is 2.42. The Morgan fingerprint density at radius 1 is 1.45 bits per heavy atom. The minimum Gasteiger partial charge on any atom is -0.310 e. The number of aryl methyl sites for hydroxylation is 1. The fourth-order valence-electron chi connectivity index (χ4n) is 2.11. The van der Waals surface area contributed by atoms with Gasteiger partial charge in [-0.3, -0.25) is 0 Å². The standard InChI is InChI=1S/C15H19BrClN3/c1-4-7-18-10(2)13-6-5-12(16)8-15(13)20-9-14(17)11(3)19-20/h5-6,8-10,18H,4,7H2,1-3H3. The van der Waals surface area contributed by atoms with Crippen LogP contribution in [0.25, 0.3) is 5.69 Å².